The van der Waals surface area contributed by atoms with Crippen molar-refractivity contribution < 1.29 is 18.7 Å². The summed E-state index contributed by atoms with van der Waals surface area (Å²) in [6.45, 7) is 3.17. The van der Waals surface area contributed by atoms with Crippen molar-refractivity contribution in [3.05, 3.63) is 65.5 Å². The Morgan fingerprint density at radius 2 is 1.89 bits per heavy atom. The second-order valence-electron chi connectivity index (χ2n) is 6.27. The third-order valence-electron chi connectivity index (χ3n) is 4.07. The summed E-state index contributed by atoms with van der Waals surface area (Å²) in [6.07, 6.45) is 5.30. The third-order valence-corrected chi connectivity index (χ3v) is 4.07. The van der Waals surface area contributed by atoms with E-state index in [4.69, 9.17) is 9.47 Å². The number of likely N-dealkylation sites (N-methyl/N-ethyl adjacent to an activating group) is 1. The van der Waals surface area contributed by atoms with Gasteiger partial charge in [0.1, 0.15) is 5.82 Å². The molecule has 0 aliphatic rings. The highest BCUT2D eigenvalue weighted by atomic mass is 19.1. The van der Waals surface area contributed by atoms with Crippen LogP contribution < -0.4 is 9.47 Å². The molecule has 0 heterocycles. The maximum Gasteiger partial charge on any atom is 0.246 e. The summed E-state index contributed by atoms with van der Waals surface area (Å²) in [4.78, 5) is 13.9. The predicted molar refractivity (Wildman–Crippen MR) is 105 cm³/mol. The topological polar surface area (TPSA) is 38.8 Å². The lowest BCUT2D eigenvalue weighted by atomic mass is 10.1. The van der Waals surface area contributed by atoms with Gasteiger partial charge in [-0.25, -0.2) is 4.39 Å². The molecule has 0 atom stereocenters. The molecule has 0 aliphatic heterocycles. The Bertz CT molecular complexity index is 772. The van der Waals surface area contributed by atoms with Crippen LogP contribution in [-0.2, 0) is 11.3 Å². The number of unbranched alkanes of at least 4 members (excludes halogenated alkanes) is 1. The molecule has 4 nitrogen and oxygen atoms in total. The average Bonchev–Trinajstić information content (AvgIpc) is 2.68. The number of carbonyl (C=O) groups excluding carboxylic acids is 1. The Hall–Kier alpha value is -2.82. The van der Waals surface area contributed by atoms with Crippen LogP contribution >= 0.6 is 0 Å². The SMILES string of the molecule is CCCCOc1ccc(/C=C/C(=O)N(C)Cc2ccc(F)cc2)cc1OC. The van der Waals surface area contributed by atoms with Crippen LogP contribution in [-0.4, -0.2) is 31.6 Å². The van der Waals surface area contributed by atoms with E-state index in [1.807, 2.05) is 18.2 Å². The van der Waals surface area contributed by atoms with Gasteiger partial charge in [-0.2, -0.15) is 0 Å². The van der Waals surface area contributed by atoms with Crippen LogP contribution in [0.25, 0.3) is 6.08 Å². The van der Waals surface area contributed by atoms with Crippen LogP contribution in [0.3, 0.4) is 0 Å². The molecule has 0 aliphatic carbocycles. The number of halogens is 1. The Labute approximate surface area is 160 Å². The summed E-state index contributed by atoms with van der Waals surface area (Å²) in [5, 5.41) is 0. The van der Waals surface area contributed by atoms with Crippen molar-refractivity contribution in [1.29, 1.82) is 0 Å². The van der Waals surface area contributed by atoms with Crippen molar-refractivity contribution in [3.8, 4) is 11.5 Å². The molecule has 0 spiro atoms. The molecular formula is C22H26FNO3. The maximum absolute atomic E-state index is 13.0. The minimum absolute atomic E-state index is 0.137. The van der Waals surface area contributed by atoms with Gasteiger partial charge in [0.15, 0.2) is 11.5 Å². The van der Waals surface area contributed by atoms with Crippen LogP contribution in [0.1, 0.15) is 30.9 Å². The van der Waals surface area contributed by atoms with Crippen molar-refractivity contribution in [2.45, 2.75) is 26.3 Å². The average molecular weight is 371 g/mol. The molecule has 0 aromatic heterocycles. The molecule has 2 aromatic rings. The molecule has 0 fully saturated rings. The quantitative estimate of drug-likeness (QED) is 0.474. The second-order valence-corrected chi connectivity index (χ2v) is 6.27. The van der Waals surface area contributed by atoms with E-state index in [1.165, 1.54) is 18.2 Å². The molecule has 0 N–H and O–H groups in total. The monoisotopic (exact) mass is 371 g/mol. The highest BCUT2D eigenvalue weighted by Crippen LogP contribution is 2.28. The molecule has 144 valence electrons. The van der Waals surface area contributed by atoms with Crippen molar-refractivity contribution in [1.82, 2.24) is 4.90 Å². The summed E-state index contributed by atoms with van der Waals surface area (Å²) in [7, 11) is 3.30. The highest BCUT2D eigenvalue weighted by Gasteiger charge is 2.08. The largest absolute Gasteiger partial charge is 0.493 e. The molecule has 0 radical (unpaired) electrons. The molecule has 5 heteroatoms. The Kier molecular flexibility index (Phi) is 7.86. The van der Waals surface area contributed by atoms with Gasteiger partial charge in [-0.1, -0.05) is 31.5 Å². The van der Waals surface area contributed by atoms with Gasteiger partial charge in [0.25, 0.3) is 0 Å². The lowest BCUT2D eigenvalue weighted by Gasteiger charge is -2.15. The Balaban J connectivity index is 1.98. The molecule has 0 saturated carbocycles. The minimum Gasteiger partial charge on any atom is -0.493 e. The Morgan fingerprint density at radius 3 is 2.56 bits per heavy atom. The lowest BCUT2D eigenvalue weighted by Crippen LogP contribution is -2.24. The maximum atomic E-state index is 13.0. The van der Waals surface area contributed by atoms with Crippen molar-refractivity contribution in [2.24, 2.45) is 0 Å². The zero-order chi connectivity index (χ0) is 19.6. The van der Waals surface area contributed by atoms with Crippen LogP contribution in [0.15, 0.2) is 48.5 Å². The molecular weight excluding hydrogens is 345 g/mol. The van der Waals surface area contributed by atoms with Gasteiger partial charge in [0.2, 0.25) is 5.91 Å². The molecule has 0 unspecified atom stereocenters. The van der Waals surface area contributed by atoms with Crippen molar-refractivity contribution in [2.75, 3.05) is 20.8 Å². The molecule has 1 amide bonds. The fourth-order valence-electron chi connectivity index (χ4n) is 2.47. The number of carbonyl (C=O) groups is 1. The molecule has 27 heavy (non-hydrogen) atoms. The van der Waals surface area contributed by atoms with Crippen LogP contribution in [0.4, 0.5) is 4.39 Å². The fraction of sp³-hybridized carbons (Fsp3) is 0.318. The first-order valence-corrected chi connectivity index (χ1v) is 9.02. The van der Waals surface area contributed by atoms with E-state index in [9.17, 15) is 9.18 Å². The molecule has 0 saturated heterocycles. The number of hydrogen-bond donors (Lipinski definition) is 0. The van der Waals surface area contributed by atoms with Gasteiger partial charge in [-0.15, -0.1) is 0 Å². The number of hydrogen-bond acceptors (Lipinski definition) is 3. The van der Waals surface area contributed by atoms with E-state index in [1.54, 1.807) is 37.3 Å². The molecule has 0 bridgehead atoms. The van der Waals surface area contributed by atoms with Gasteiger partial charge in [0, 0.05) is 19.7 Å². The lowest BCUT2D eigenvalue weighted by molar-refractivity contribution is -0.125. The van der Waals surface area contributed by atoms with Gasteiger partial charge in [-0.3, -0.25) is 4.79 Å². The number of rotatable bonds is 9. The van der Waals surface area contributed by atoms with E-state index in [0.29, 0.717) is 24.7 Å². The normalized spacial score (nSPS) is 10.8. The molecule has 2 rings (SSSR count). The van der Waals surface area contributed by atoms with Crippen LogP contribution in [0.2, 0.25) is 0 Å². The number of benzene rings is 2. The van der Waals surface area contributed by atoms with E-state index < -0.39 is 0 Å². The highest BCUT2D eigenvalue weighted by molar-refractivity contribution is 5.91. The standard InChI is InChI=1S/C22H26FNO3/c1-4-5-14-27-20-12-8-17(15-21(20)26-3)9-13-22(25)24(2)16-18-6-10-19(23)11-7-18/h6-13,15H,4-5,14,16H2,1-3H3/b13-9+. The van der Waals surface area contributed by atoms with E-state index in [0.717, 1.165) is 24.0 Å². The third kappa shape index (κ3) is 6.44. The summed E-state index contributed by atoms with van der Waals surface area (Å²) in [5.41, 5.74) is 1.72. The second kappa shape index (κ2) is 10.4. The zero-order valence-electron chi connectivity index (χ0n) is 16.1. The number of amides is 1. The number of methoxy groups -OCH3 is 1. The van der Waals surface area contributed by atoms with Crippen molar-refractivity contribution in [3.63, 3.8) is 0 Å². The van der Waals surface area contributed by atoms with E-state index >= 15 is 0 Å². The van der Waals surface area contributed by atoms with E-state index in [-0.39, 0.29) is 11.7 Å². The predicted octanol–water partition coefficient (Wildman–Crippen LogP) is 4.69. The van der Waals surface area contributed by atoms with Crippen LogP contribution in [0.5, 0.6) is 11.5 Å². The minimum atomic E-state index is -0.288. The van der Waals surface area contributed by atoms with Gasteiger partial charge in [0.05, 0.1) is 13.7 Å². The van der Waals surface area contributed by atoms with Gasteiger partial charge < -0.3 is 14.4 Å². The summed E-state index contributed by atoms with van der Waals surface area (Å²) in [5.74, 6) is 0.911. The van der Waals surface area contributed by atoms with Gasteiger partial charge >= 0.3 is 0 Å². The number of nitrogens with zero attached hydrogens (tertiary/aromatic N) is 1. The Morgan fingerprint density at radius 1 is 1.15 bits per heavy atom. The van der Waals surface area contributed by atoms with Gasteiger partial charge in [-0.05, 0) is 47.9 Å². The first-order valence-electron chi connectivity index (χ1n) is 9.02. The zero-order valence-corrected chi connectivity index (χ0v) is 16.1. The van der Waals surface area contributed by atoms with Crippen molar-refractivity contribution >= 4 is 12.0 Å². The fourth-order valence-corrected chi connectivity index (χ4v) is 2.47. The van der Waals surface area contributed by atoms with E-state index in [2.05, 4.69) is 6.92 Å². The first-order chi connectivity index (χ1) is 13.0. The smallest absolute Gasteiger partial charge is 0.246 e. The summed E-state index contributed by atoms with van der Waals surface area (Å²) < 4.78 is 24.0. The first kappa shape index (κ1) is 20.5. The number of ether oxygens (including phenoxy) is 2. The molecule has 2 aromatic carbocycles. The summed E-state index contributed by atoms with van der Waals surface area (Å²) in [6, 6.07) is 11.7. The van der Waals surface area contributed by atoms with Crippen LogP contribution in [0, 0.1) is 5.82 Å². The summed E-state index contributed by atoms with van der Waals surface area (Å²) >= 11 is 0.